The van der Waals surface area contributed by atoms with E-state index >= 15 is 0 Å². The Kier molecular flexibility index (Phi) is 12.6. The molecule has 178 valence electrons. The van der Waals surface area contributed by atoms with E-state index in [9.17, 15) is 8.42 Å². The van der Waals surface area contributed by atoms with Gasteiger partial charge in [-0.05, 0) is 82.3 Å². The lowest BCUT2D eigenvalue weighted by atomic mass is 9.93. The summed E-state index contributed by atoms with van der Waals surface area (Å²) in [6.45, 7) is 5.35. The predicted octanol–water partition coefficient (Wildman–Crippen LogP) is 5.74. The summed E-state index contributed by atoms with van der Waals surface area (Å²) >= 11 is 3.36. The van der Waals surface area contributed by atoms with Gasteiger partial charge in [0.05, 0.1) is 11.0 Å². The van der Waals surface area contributed by atoms with Crippen molar-refractivity contribution < 1.29 is 13.2 Å². The first-order chi connectivity index (χ1) is 14.9. The van der Waals surface area contributed by atoms with Gasteiger partial charge in [-0.2, -0.15) is 4.31 Å². The number of rotatable bonds is 15. The molecule has 1 saturated carbocycles. The summed E-state index contributed by atoms with van der Waals surface area (Å²) in [5.74, 6) is 0. The predicted molar refractivity (Wildman–Crippen MR) is 132 cm³/mol. The largest absolute Gasteiger partial charge is 0.378 e. The minimum absolute atomic E-state index is 0.0540. The summed E-state index contributed by atoms with van der Waals surface area (Å²) in [6, 6.07) is 6.92. The normalized spacial score (nSPS) is 19.7. The summed E-state index contributed by atoms with van der Waals surface area (Å²) in [5, 5.41) is 3.52. The van der Waals surface area contributed by atoms with E-state index in [0.717, 1.165) is 56.3 Å². The lowest BCUT2D eigenvalue weighted by Crippen LogP contribution is -2.40. The van der Waals surface area contributed by atoms with Crippen LogP contribution in [-0.4, -0.2) is 51.6 Å². The van der Waals surface area contributed by atoms with E-state index in [2.05, 4.69) is 28.2 Å². The third kappa shape index (κ3) is 9.50. The van der Waals surface area contributed by atoms with E-state index in [1.165, 1.54) is 38.5 Å². The minimum atomic E-state index is -3.45. The first-order valence-corrected chi connectivity index (χ1v) is 14.2. The van der Waals surface area contributed by atoms with Crippen molar-refractivity contribution in [3.05, 3.63) is 28.7 Å². The Balaban J connectivity index is 1.56. The number of hydrogen-bond donors (Lipinski definition) is 1. The highest BCUT2D eigenvalue weighted by atomic mass is 79.9. The van der Waals surface area contributed by atoms with Crippen molar-refractivity contribution in [2.75, 3.05) is 26.7 Å². The average molecular weight is 518 g/mol. The lowest BCUT2D eigenvalue weighted by Gasteiger charge is -2.34. The van der Waals surface area contributed by atoms with E-state index in [-0.39, 0.29) is 12.1 Å². The molecule has 1 aromatic carbocycles. The SMILES string of the molecule is CCCCCNCCCCCCOC1CCC(N(C)S(=O)(=O)c2ccc(Br)cc2)CC1. The Labute approximate surface area is 198 Å². The number of hydrogen-bond acceptors (Lipinski definition) is 4. The molecule has 7 heteroatoms. The molecule has 0 radical (unpaired) electrons. The van der Waals surface area contributed by atoms with Crippen LogP contribution in [-0.2, 0) is 14.8 Å². The average Bonchev–Trinajstić information content (AvgIpc) is 2.77. The summed E-state index contributed by atoms with van der Waals surface area (Å²) < 4.78 is 34.3. The van der Waals surface area contributed by atoms with Gasteiger partial charge in [0.25, 0.3) is 0 Å². The highest BCUT2D eigenvalue weighted by molar-refractivity contribution is 9.10. The molecule has 0 atom stereocenters. The second-order valence-electron chi connectivity index (χ2n) is 8.65. The monoisotopic (exact) mass is 516 g/mol. The maximum atomic E-state index is 12.9. The molecule has 1 aliphatic carbocycles. The van der Waals surface area contributed by atoms with Crippen molar-refractivity contribution in [3.8, 4) is 0 Å². The van der Waals surface area contributed by atoms with Gasteiger partial charge in [-0.15, -0.1) is 0 Å². The third-order valence-electron chi connectivity index (χ3n) is 6.21. The molecule has 0 bridgehead atoms. The molecule has 1 fully saturated rings. The van der Waals surface area contributed by atoms with Crippen molar-refractivity contribution >= 4 is 26.0 Å². The fourth-order valence-electron chi connectivity index (χ4n) is 4.13. The Bertz CT molecular complexity index is 704. The first kappa shape index (κ1) is 26.8. The standard InChI is InChI=1S/C24H41BrN2O3S/c1-3-4-7-18-26-19-8-5-6-9-20-30-23-14-12-22(13-15-23)27(2)31(28,29)24-16-10-21(25)11-17-24/h10-11,16-17,22-23,26H,3-9,12-15,18-20H2,1-2H3. The maximum Gasteiger partial charge on any atom is 0.243 e. The molecule has 0 unspecified atom stereocenters. The number of sulfonamides is 1. The van der Waals surface area contributed by atoms with E-state index < -0.39 is 10.0 Å². The molecule has 31 heavy (non-hydrogen) atoms. The molecule has 2 rings (SSSR count). The van der Waals surface area contributed by atoms with Crippen LogP contribution < -0.4 is 5.32 Å². The topological polar surface area (TPSA) is 58.6 Å². The molecule has 0 aliphatic heterocycles. The van der Waals surface area contributed by atoms with Crippen LogP contribution in [0.15, 0.2) is 33.6 Å². The number of halogens is 1. The molecule has 1 aliphatic rings. The Hall–Kier alpha value is -0.470. The van der Waals surface area contributed by atoms with Crippen LogP contribution >= 0.6 is 15.9 Å². The van der Waals surface area contributed by atoms with Gasteiger partial charge in [-0.25, -0.2) is 8.42 Å². The number of benzene rings is 1. The van der Waals surface area contributed by atoms with Crippen LogP contribution in [0.3, 0.4) is 0 Å². The zero-order valence-electron chi connectivity index (χ0n) is 19.3. The van der Waals surface area contributed by atoms with E-state index in [0.29, 0.717) is 4.90 Å². The molecular formula is C24H41BrN2O3S. The second kappa shape index (κ2) is 14.6. The molecule has 0 aromatic heterocycles. The smallest absolute Gasteiger partial charge is 0.243 e. The van der Waals surface area contributed by atoms with E-state index in [4.69, 9.17) is 4.74 Å². The van der Waals surface area contributed by atoms with Crippen LogP contribution in [0.25, 0.3) is 0 Å². The van der Waals surface area contributed by atoms with Crippen molar-refractivity contribution in [1.82, 2.24) is 9.62 Å². The summed E-state index contributed by atoms with van der Waals surface area (Å²) in [7, 11) is -1.73. The molecule has 0 heterocycles. The fourth-order valence-corrected chi connectivity index (χ4v) is 5.81. The molecule has 0 saturated heterocycles. The van der Waals surface area contributed by atoms with Gasteiger partial charge in [0.2, 0.25) is 10.0 Å². The lowest BCUT2D eigenvalue weighted by molar-refractivity contribution is 0.0157. The number of unbranched alkanes of at least 4 members (excludes halogenated alkanes) is 5. The molecule has 0 spiro atoms. The van der Waals surface area contributed by atoms with E-state index in [1.54, 1.807) is 35.6 Å². The quantitative estimate of drug-likeness (QED) is 0.302. The van der Waals surface area contributed by atoms with Crippen molar-refractivity contribution in [3.63, 3.8) is 0 Å². The molecule has 0 amide bonds. The first-order valence-electron chi connectivity index (χ1n) is 12.0. The van der Waals surface area contributed by atoms with Gasteiger partial charge in [0, 0.05) is 24.2 Å². The zero-order valence-corrected chi connectivity index (χ0v) is 21.7. The fraction of sp³-hybridized carbons (Fsp3) is 0.750. The van der Waals surface area contributed by atoms with Crippen LogP contribution in [0, 0.1) is 0 Å². The Morgan fingerprint density at radius 3 is 2.23 bits per heavy atom. The van der Waals surface area contributed by atoms with Crippen molar-refractivity contribution in [2.45, 2.75) is 94.6 Å². The van der Waals surface area contributed by atoms with Gasteiger partial charge in [0.15, 0.2) is 0 Å². The second-order valence-corrected chi connectivity index (χ2v) is 11.6. The van der Waals surface area contributed by atoms with Crippen LogP contribution in [0.5, 0.6) is 0 Å². The number of ether oxygens (including phenoxy) is 1. The Morgan fingerprint density at radius 2 is 1.58 bits per heavy atom. The minimum Gasteiger partial charge on any atom is -0.378 e. The van der Waals surface area contributed by atoms with Gasteiger partial charge < -0.3 is 10.1 Å². The van der Waals surface area contributed by atoms with Crippen LogP contribution in [0.2, 0.25) is 0 Å². The van der Waals surface area contributed by atoms with Crippen molar-refractivity contribution in [2.24, 2.45) is 0 Å². The van der Waals surface area contributed by atoms with E-state index in [1.807, 2.05) is 0 Å². The number of nitrogens with one attached hydrogen (secondary N) is 1. The highest BCUT2D eigenvalue weighted by Gasteiger charge is 2.31. The molecule has 5 nitrogen and oxygen atoms in total. The summed E-state index contributed by atoms with van der Waals surface area (Å²) in [6.07, 6.45) is 12.6. The number of nitrogens with zero attached hydrogens (tertiary/aromatic N) is 1. The molecular weight excluding hydrogens is 476 g/mol. The molecule has 1 aromatic rings. The maximum absolute atomic E-state index is 12.9. The molecule has 1 N–H and O–H groups in total. The highest BCUT2D eigenvalue weighted by Crippen LogP contribution is 2.28. The van der Waals surface area contributed by atoms with Gasteiger partial charge in [-0.1, -0.05) is 48.5 Å². The van der Waals surface area contributed by atoms with Crippen molar-refractivity contribution in [1.29, 1.82) is 0 Å². The summed E-state index contributed by atoms with van der Waals surface area (Å²) in [4.78, 5) is 0.354. The van der Waals surface area contributed by atoms with Crippen LogP contribution in [0.1, 0.15) is 77.6 Å². The Morgan fingerprint density at radius 1 is 0.968 bits per heavy atom. The van der Waals surface area contributed by atoms with Gasteiger partial charge >= 0.3 is 0 Å². The van der Waals surface area contributed by atoms with Gasteiger partial charge in [-0.3, -0.25) is 0 Å². The van der Waals surface area contributed by atoms with Gasteiger partial charge in [0.1, 0.15) is 0 Å². The van der Waals surface area contributed by atoms with Crippen LogP contribution in [0.4, 0.5) is 0 Å². The summed E-state index contributed by atoms with van der Waals surface area (Å²) in [5.41, 5.74) is 0. The zero-order chi connectivity index (χ0) is 22.5. The third-order valence-corrected chi connectivity index (χ3v) is 8.66.